The molecule has 5 atom stereocenters. The van der Waals surface area contributed by atoms with Gasteiger partial charge in [0.05, 0.1) is 10.8 Å². The first-order valence-electron chi connectivity index (χ1n) is 16.1. The van der Waals surface area contributed by atoms with Gasteiger partial charge in [0.15, 0.2) is 11.5 Å². The maximum atomic E-state index is 11.1. The molecule has 0 spiro atoms. The Morgan fingerprint density at radius 1 is 0.875 bits per heavy atom. The fourth-order valence-corrected chi connectivity index (χ4v) is 9.32. The molecule has 0 saturated heterocycles. The standard InChI is InChI=1S/C41H34O6S/c1-41(24-12-9-11-23(20-21-24)40-33-27-15-3-2-4-18-30(27)47-31(33)19-10-22-48-40)28-16-7-5-13-25(28)32(26-14-6-8-17-29(26)41)34-35(42)37(44)39(46)38(45)36(34)43/h4-11,13-14,16-21,27-28,30,40,42-46H,12,15,22H2,1H3. The van der Waals surface area contributed by atoms with Crippen molar-refractivity contribution in [3.63, 3.8) is 0 Å². The van der Waals surface area contributed by atoms with Crippen molar-refractivity contribution in [2.75, 3.05) is 5.75 Å². The molecule has 0 radical (unpaired) electrons. The third-order valence-electron chi connectivity index (χ3n) is 10.5. The third-order valence-corrected chi connectivity index (χ3v) is 11.7. The van der Waals surface area contributed by atoms with Crippen molar-refractivity contribution in [2.24, 2.45) is 11.8 Å². The van der Waals surface area contributed by atoms with E-state index >= 15 is 0 Å². The molecule has 2 heterocycles. The number of aromatic hydroxyl groups is 5. The van der Waals surface area contributed by atoms with Crippen LogP contribution >= 0.6 is 11.8 Å². The molecule has 6 nitrogen and oxygen atoms in total. The van der Waals surface area contributed by atoms with Gasteiger partial charge in [0.2, 0.25) is 17.2 Å². The summed E-state index contributed by atoms with van der Waals surface area (Å²) < 4.78 is 6.44. The fraction of sp³-hybridized carbons (Fsp3) is 0.220. The first-order chi connectivity index (χ1) is 23.3. The second-order valence-corrected chi connectivity index (χ2v) is 14.0. The Kier molecular flexibility index (Phi) is 7.23. The van der Waals surface area contributed by atoms with Crippen molar-refractivity contribution >= 4 is 17.3 Å². The van der Waals surface area contributed by atoms with E-state index in [1.807, 2.05) is 54.3 Å². The summed E-state index contributed by atoms with van der Waals surface area (Å²) in [5, 5.41) is 53.5. The van der Waals surface area contributed by atoms with Crippen LogP contribution in [0.5, 0.6) is 28.7 Å². The van der Waals surface area contributed by atoms with Gasteiger partial charge in [-0.25, -0.2) is 0 Å². The number of fused-ring (bicyclic) bond motifs is 4. The Morgan fingerprint density at radius 3 is 2.50 bits per heavy atom. The van der Waals surface area contributed by atoms with Crippen LogP contribution in [0.4, 0.5) is 0 Å². The van der Waals surface area contributed by atoms with Crippen LogP contribution in [-0.4, -0.2) is 42.6 Å². The number of rotatable bonds is 3. The minimum atomic E-state index is -0.976. The summed E-state index contributed by atoms with van der Waals surface area (Å²) in [4.78, 5) is 0. The lowest BCUT2D eigenvalue weighted by Crippen LogP contribution is -2.38. The maximum Gasteiger partial charge on any atom is 0.208 e. The molecular weight excluding hydrogens is 621 g/mol. The van der Waals surface area contributed by atoms with Crippen molar-refractivity contribution in [1.82, 2.24) is 0 Å². The van der Waals surface area contributed by atoms with Crippen LogP contribution in [-0.2, 0) is 10.2 Å². The largest absolute Gasteiger partial charge is 0.504 e. The lowest BCUT2D eigenvalue weighted by Gasteiger charge is -2.46. The van der Waals surface area contributed by atoms with Gasteiger partial charge in [0.25, 0.3) is 0 Å². The van der Waals surface area contributed by atoms with Crippen LogP contribution in [0.1, 0.15) is 36.5 Å². The number of hydrogen-bond acceptors (Lipinski definition) is 7. The van der Waals surface area contributed by atoms with Gasteiger partial charge in [0, 0.05) is 35.0 Å². The van der Waals surface area contributed by atoms with E-state index in [9.17, 15) is 25.5 Å². The molecule has 2 aromatic carbocycles. The SMILES string of the molecule is CC1(C2=CC=C(C3SCC=CC4=C3C3CC#CC=CC3O4)C=CC2)c2ccccc2C(c2c(O)c(O)c(O)c(O)c2O)=C2C=CC=CC21. The molecule has 5 N–H and O–H groups in total. The summed E-state index contributed by atoms with van der Waals surface area (Å²) in [6.07, 6.45) is 26.7. The van der Waals surface area contributed by atoms with Crippen molar-refractivity contribution in [2.45, 2.75) is 36.5 Å². The lowest BCUT2D eigenvalue weighted by molar-refractivity contribution is 0.163. The van der Waals surface area contributed by atoms with E-state index in [0.717, 1.165) is 34.6 Å². The zero-order chi connectivity index (χ0) is 33.2. The van der Waals surface area contributed by atoms with Crippen LogP contribution in [0.15, 0.2) is 125 Å². The molecule has 8 rings (SSSR count). The van der Waals surface area contributed by atoms with E-state index in [0.29, 0.717) is 12.0 Å². The molecule has 6 aliphatic rings. The smallest absolute Gasteiger partial charge is 0.208 e. The minimum Gasteiger partial charge on any atom is -0.504 e. The Bertz CT molecular complexity index is 2080. The summed E-state index contributed by atoms with van der Waals surface area (Å²) in [5.41, 5.74) is 6.06. The Labute approximate surface area is 283 Å². The van der Waals surface area contributed by atoms with Crippen molar-refractivity contribution in [3.05, 3.63) is 142 Å². The lowest BCUT2D eigenvalue weighted by atomic mass is 9.57. The van der Waals surface area contributed by atoms with Crippen LogP contribution in [0, 0.1) is 23.7 Å². The Balaban J connectivity index is 1.26. The zero-order valence-electron chi connectivity index (χ0n) is 26.2. The van der Waals surface area contributed by atoms with Crippen LogP contribution < -0.4 is 0 Å². The highest BCUT2D eigenvalue weighted by atomic mass is 32.2. The number of phenolic OH excluding ortho intramolecular Hbond substituents is 5. The Hall–Kier alpha value is -5.19. The molecule has 2 aliphatic heterocycles. The van der Waals surface area contributed by atoms with Crippen LogP contribution in [0.2, 0.25) is 0 Å². The molecule has 240 valence electrons. The molecule has 0 bridgehead atoms. The van der Waals surface area contributed by atoms with Crippen molar-refractivity contribution in [3.8, 4) is 40.6 Å². The van der Waals surface area contributed by atoms with Crippen molar-refractivity contribution < 1.29 is 30.3 Å². The van der Waals surface area contributed by atoms with Crippen LogP contribution in [0.25, 0.3) is 5.57 Å². The Morgan fingerprint density at radius 2 is 1.67 bits per heavy atom. The van der Waals surface area contributed by atoms with Gasteiger partial charge >= 0.3 is 0 Å². The number of phenols is 5. The van der Waals surface area contributed by atoms with Gasteiger partial charge in [-0.05, 0) is 52.5 Å². The summed E-state index contributed by atoms with van der Waals surface area (Å²) in [6, 6.07) is 7.86. The van der Waals surface area contributed by atoms with Gasteiger partial charge in [-0.3, -0.25) is 0 Å². The van der Waals surface area contributed by atoms with E-state index in [4.69, 9.17) is 4.74 Å². The molecule has 48 heavy (non-hydrogen) atoms. The molecule has 4 aliphatic carbocycles. The van der Waals surface area contributed by atoms with E-state index in [-0.39, 0.29) is 28.8 Å². The van der Waals surface area contributed by atoms with Gasteiger partial charge < -0.3 is 30.3 Å². The predicted octanol–water partition coefficient (Wildman–Crippen LogP) is 7.75. The van der Waals surface area contributed by atoms with E-state index in [2.05, 4.69) is 73.4 Å². The zero-order valence-corrected chi connectivity index (χ0v) is 27.0. The van der Waals surface area contributed by atoms with E-state index in [1.165, 1.54) is 16.7 Å². The molecule has 0 amide bonds. The normalized spacial score (nSPS) is 28.1. The van der Waals surface area contributed by atoms with E-state index in [1.54, 1.807) is 0 Å². The minimum absolute atomic E-state index is 0.0238. The van der Waals surface area contributed by atoms with Crippen LogP contribution in [0.3, 0.4) is 0 Å². The average molecular weight is 655 g/mol. The van der Waals surface area contributed by atoms with Crippen molar-refractivity contribution in [1.29, 1.82) is 0 Å². The fourth-order valence-electron chi connectivity index (χ4n) is 8.10. The molecule has 0 fully saturated rings. The highest BCUT2D eigenvalue weighted by Crippen LogP contribution is 2.60. The predicted molar refractivity (Wildman–Crippen MR) is 189 cm³/mol. The number of benzene rings is 2. The molecule has 0 aromatic heterocycles. The third kappa shape index (κ3) is 4.43. The number of ether oxygens (including phenoxy) is 1. The quantitative estimate of drug-likeness (QED) is 0.131. The van der Waals surface area contributed by atoms with Gasteiger partial charge in [0.1, 0.15) is 11.9 Å². The summed E-state index contributed by atoms with van der Waals surface area (Å²) >= 11 is 1.91. The number of hydrogen-bond donors (Lipinski definition) is 5. The monoisotopic (exact) mass is 654 g/mol. The molecule has 2 aromatic rings. The number of thioether (sulfide) groups is 1. The topological polar surface area (TPSA) is 110 Å². The summed E-state index contributed by atoms with van der Waals surface area (Å²) in [6.45, 7) is 2.23. The maximum absolute atomic E-state index is 11.1. The second-order valence-electron chi connectivity index (χ2n) is 12.9. The molecule has 7 heteroatoms. The van der Waals surface area contributed by atoms with E-state index < -0.39 is 34.2 Å². The molecule has 0 saturated carbocycles. The summed E-state index contributed by atoms with van der Waals surface area (Å²) in [7, 11) is 0. The second kappa shape index (κ2) is 11.5. The van der Waals surface area contributed by atoms with Gasteiger partial charge in [-0.1, -0.05) is 103 Å². The number of allylic oxidation sites excluding steroid dienone is 12. The first kappa shape index (κ1) is 30.2. The molecule has 5 unspecified atom stereocenters. The average Bonchev–Trinajstić information content (AvgIpc) is 3.39. The molecular formula is C41H34O6S. The van der Waals surface area contributed by atoms with Gasteiger partial charge in [-0.2, -0.15) is 0 Å². The summed E-state index contributed by atoms with van der Waals surface area (Å²) in [5.74, 6) is 4.09. The highest BCUT2D eigenvalue weighted by Gasteiger charge is 2.47. The van der Waals surface area contributed by atoms with Gasteiger partial charge in [-0.15, -0.1) is 11.8 Å². The first-order valence-corrected chi connectivity index (χ1v) is 17.1. The highest BCUT2D eigenvalue weighted by molar-refractivity contribution is 8.00.